The molecule has 0 fully saturated rings. The van der Waals surface area contributed by atoms with Gasteiger partial charge < -0.3 is 9.73 Å². The second-order valence-electron chi connectivity index (χ2n) is 4.58. The number of oxazole rings is 1. The molecule has 0 unspecified atom stereocenters. The van der Waals surface area contributed by atoms with Crippen LogP contribution in [-0.4, -0.2) is 15.5 Å². The molecule has 0 radical (unpaired) electrons. The van der Waals surface area contributed by atoms with Crippen molar-refractivity contribution in [2.45, 2.75) is 19.5 Å². The first-order valence-corrected chi connectivity index (χ1v) is 7.30. The monoisotopic (exact) mass is 303 g/mol. The Kier molecular flexibility index (Phi) is 3.57. The largest absolute Gasteiger partial charge is 0.421 e. The summed E-state index contributed by atoms with van der Waals surface area (Å²) in [6.07, 6.45) is 1.56. The van der Waals surface area contributed by atoms with Crippen LogP contribution in [0.3, 0.4) is 0 Å². The van der Waals surface area contributed by atoms with E-state index in [0.29, 0.717) is 11.2 Å². The van der Waals surface area contributed by atoms with Crippen LogP contribution in [0, 0.1) is 0 Å². The minimum Gasteiger partial charge on any atom is -0.406 e. The number of nitrogens with one attached hydrogen (secondary N) is 1. The summed E-state index contributed by atoms with van der Waals surface area (Å²) in [5, 5.41) is 4.81. The van der Waals surface area contributed by atoms with Gasteiger partial charge in [0.15, 0.2) is 11.2 Å². The average molecular weight is 303 g/mol. The molecule has 21 heavy (non-hydrogen) atoms. The van der Waals surface area contributed by atoms with Gasteiger partial charge >= 0.3 is 5.76 Å². The lowest BCUT2D eigenvalue weighted by Gasteiger charge is -2.12. The predicted octanol–water partition coefficient (Wildman–Crippen LogP) is 1.93. The minimum absolute atomic E-state index is 0.0978. The van der Waals surface area contributed by atoms with Crippen molar-refractivity contribution in [1.82, 2.24) is 14.9 Å². The van der Waals surface area contributed by atoms with E-state index in [1.54, 1.807) is 29.7 Å². The third-order valence-electron chi connectivity index (χ3n) is 3.07. The van der Waals surface area contributed by atoms with E-state index < -0.39 is 5.76 Å². The molecular formula is C14H13N3O3S. The van der Waals surface area contributed by atoms with E-state index in [0.717, 1.165) is 4.88 Å². The van der Waals surface area contributed by atoms with Gasteiger partial charge in [-0.05, 0) is 30.5 Å². The van der Waals surface area contributed by atoms with Crippen LogP contribution in [0.4, 0.5) is 0 Å². The first-order valence-electron chi connectivity index (χ1n) is 6.42. The van der Waals surface area contributed by atoms with Crippen molar-refractivity contribution in [3.8, 4) is 0 Å². The Hall–Kier alpha value is -2.41. The zero-order chi connectivity index (χ0) is 14.8. The molecule has 0 spiro atoms. The van der Waals surface area contributed by atoms with E-state index >= 15 is 0 Å². The Bertz CT molecular complexity index is 819. The normalized spacial score (nSPS) is 12.4. The van der Waals surface area contributed by atoms with Crippen molar-refractivity contribution in [3.63, 3.8) is 0 Å². The number of pyridine rings is 1. The van der Waals surface area contributed by atoms with Crippen molar-refractivity contribution in [2.75, 3.05) is 0 Å². The van der Waals surface area contributed by atoms with Crippen LogP contribution >= 0.6 is 11.3 Å². The smallest absolute Gasteiger partial charge is 0.406 e. The molecule has 1 amide bonds. The first-order chi connectivity index (χ1) is 10.1. The predicted molar refractivity (Wildman–Crippen MR) is 79.1 cm³/mol. The molecule has 3 rings (SSSR count). The van der Waals surface area contributed by atoms with Crippen molar-refractivity contribution < 1.29 is 9.21 Å². The summed E-state index contributed by atoms with van der Waals surface area (Å²) in [5.41, 5.74) is 0.753. The van der Waals surface area contributed by atoms with Gasteiger partial charge in [-0.15, -0.1) is 11.3 Å². The van der Waals surface area contributed by atoms with Crippen molar-refractivity contribution >= 4 is 28.5 Å². The summed E-state index contributed by atoms with van der Waals surface area (Å²) >= 11 is 1.57. The molecule has 7 heteroatoms. The van der Waals surface area contributed by atoms with Crippen LogP contribution in [0.5, 0.6) is 0 Å². The maximum absolute atomic E-state index is 12.1. The highest BCUT2D eigenvalue weighted by Crippen LogP contribution is 2.18. The molecule has 1 N–H and O–H groups in total. The average Bonchev–Trinajstić information content (AvgIpc) is 3.08. The number of carbonyl (C=O) groups is 1. The number of amides is 1. The number of hydrogen-bond donors (Lipinski definition) is 1. The molecule has 0 aromatic carbocycles. The topological polar surface area (TPSA) is 77.1 Å². The molecule has 3 aromatic heterocycles. The third kappa shape index (κ3) is 2.73. The van der Waals surface area contributed by atoms with E-state index in [2.05, 4.69) is 10.3 Å². The summed E-state index contributed by atoms with van der Waals surface area (Å²) < 4.78 is 6.27. The van der Waals surface area contributed by atoms with Crippen LogP contribution in [0.1, 0.15) is 17.8 Å². The highest BCUT2D eigenvalue weighted by molar-refractivity contribution is 7.10. The fourth-order valence-corrected chi connectivity index (χ4v) is 2.81. The van der Waals surface area contributed by atoms with E-state index in [9.17, 15) is 9.59 Å². The maximum atomic E-state index is 12.1. The zero-order valence-electron chi connectivity index (χ0n) is 11.3. The number of rotatable bonds is 4. The zero-order valence-corrected chi connectivity index (χ0v) is 12.1. The van der Waals surface area contributed by atoms with E-state index in [1.165, 1.54) is 4.57 Å². The molecule has 0 aliphatic carbocycles. The van der Waals surface area contributed by atoms with Gasteiger partial charge in [-0.2, -0.15) is 0 Å². The Labute approximate surface area is 124 Å². The molecule has 0 saturated carbocycles. The molecule has 0 aliphatic heterocycles. The minimum atomic E-state index is -0.581. The van der Waals surface area contributed by atoms with E-state index in [4.69, 9.17) is 4.42 Å². The van der Waals surface area contributed by atoms with Crippen LogP contribution in [0.25, 0.3) is 11.2 Å². The molecule has 108 valence electrons. The van der Waals surface area contributed by atoms with Gasteiger partial charge in [-0.25, -0.2) is 14.3 Å². The molecule has 3 aromatic rings. The number of fused-ring (bicyclic) bond motifs is 1. The molecule has 6 nitrogen and oxygen atoms in total. The van der Waals surface area contributed by atoms with Crippen molar-refractivity contribution in [1.29, 1.82) is 0 Å². The Morgan fingerprint density at radius 1 is 1.48 bits per heavy atom. The lowest BCUT2D eigenvalue weighted by atomic mass is 10.3. The number of aromatic nitrogens is 2. The second kappa shape index (κ2) is 5.53. The highest BCUT2D eigenvalue weighted by Gasteiger charge is 2.15. The molecule has 0 bridgehead atoms. The molecule has 3 heterocycles. The van der Waals surface area contributed by atoms with Crippen LogP contribution in [0.15, 0.2) is 45.1 Å². The van der Waals surface area contributed by atoms with Crippen molar-refractivity contribution in [2.24, 2.45) is 0 Å². The van der Waals surface area contributed by atoms with Gasteiger partial charge in [0.25, 0.3) is 0 Å². The number of carbonyl (C=O) groups excluding carboxylic acids is 1. The molecular weight excluding hydrogens is 290 g/mol. The first kappa shape index (κ1) is 13.6. The van der Waals surface area contributed by atoms with Gasteiger partial charge in [-0.3, -0.25) is 4.79 Å². The van der Waals surface area contributed by atoms with Gasteiger partial charge in [-0.1, -0.05) is 6.07 Å². The number of nitrogens with zero attached hydrogens (tertiary/aromatic N) is 2. The van der Waals surface area contributed by atoms with Gasteiger partial charge in [0.05, 0.1) is 6.04 Å². The number of hydrogen-bond acceptors (Lipinski definition) is 5. The van der Waals surface area contributed by atoms with Gasteiger partial charge in [0, 0.05) is 11.1 Å². The van der Waals surface area contributed by atoms with Gasteiger partial charge in [0.2, 0.25) is 5.91 Å². The summed E-state index contributed by atoms with van der Waals surface area (Å²) in [5.74, 6) is -0.839. The highest BCUT2D eigenvalue weighted by atomic mass is 32.1. The van der Waals surface area contributed by atoms with Crippen LogP contribution in [-0.2, 0) is 11.3 Å². The van der Waals surface area contributed by atoms with E-state index in [-0.39, 0.29) is 18.5 Å². The van der Waals surface area contributed by atoms with E-state index in [1.807, 2.05) is 24.4 Å². The SMILES string of the molecule is C[C@@H](NC(=O)Cn1c(=O)oc2cccnc21)c1cccs1. The Balaban J connectivity index is 1.78. The van der Waals surface area contributed by atoms with Crippen LogP contribution < -0.4 is 11.1 Å². The van der Waals surface area contributed by atoms with Crippen molar-refractivity contribution in [3.05, 3.63) is 51.3 Å². The summed E-state index contributed by atoms with van der Waals surface area (Å²) in [6, 6.07) is 7.11. The standard InChI is InChI=1S/C14H13N3O3S/c1-9(11-5-3-7-21-11)16-12(18)8-17-13-10(20-14(17)19)4-2-6-15-13/h2-7,9H,8H2,1H3,(H,16,18)/t9-/m1/s1. The molecule has 1 atom stereocenters. The fraction of sp³-hybridized carbons (Fsp3) is 0.214. The third-order valence-corrected chi connectivity index (χ3v) is 4.13. The second-order valence-corrected chi connectivity index (χ2v) is 5.56. The number of thiophene rings is 1. The Morgan fingerprint density at radius 2 is 2.33 bits per heavy atom. The maximum Gasteiger partial charge on any atom is 0.421 e. The quantitative estimate of drug-likeness (QED) is 0.799. The molecule has 0 saturated heterocycles. The summed E-state index contributed by atoms with van der Waals surface area (Å²) in [7, 11) is 0. The molecule has 0 aliphatic rings. The van der Waals surface area contributed by atoms with Crippen LogP contribution in [0.2, 0.25) is 0 Å². The lowest BCUT2D eigenvalue weighted by molar-refractivity contribution is -0.122. The summed E-state index contributed by atoms with van der Waals surface area (Å²) in [4.78, 5) is 29.0. The fourth-order valence-electron chi connectivity index (χ4n) is 2.08. The van der Waals surface area contributed by atoms with Gasteiger partial charge in [0.1, 0.15) is 6.54 Å². The Morgan fingerprint density at radius 3 is 3.10 bits per heavy atom. The lowest BCUT2D eigenvalue weighted by Crippen LogP contribution is -2.32. The summed E-state index contributed by atoms with van der Waals surface area (Å²) in [6.45, 7) is 1.79.